The molecule has 0 heterocycles. The largest absolute Gasteiger partial charge is 0.416 e. The predicted octanol–water partition coefficient (Wildman–Crippen LogP) is 3.63. The van der Waals surface area contributed by atoms with Gasteiger partial charge in [0.05, 0.1) is 5.56 Å². The van der Waals surface area contributed by atoms with E-state index < -0.39 is 17.6 Å². The van der Waals surface area contributed by atoms with Gasteiger partial charge in [-0.25, -0.2) is 4.39 Å². The first-order valence-corrected chi connectivity index (χ1v) is 5.86. The van der Waals surface area contributed by atoms with Gasteiger partial charge in [0, 0.05) is 0 Å². The molecule has 1 rings (SSSR count). The highest BCUT2D eigenvalue weighted by Crippen LogP contribution is 2.30. The molecule has 0 radical (unpaired) electrons. The van der Waals surface area contributed by atoms with Gasteiger partial charge in [0.15, 0.2) is 0 Å². The molecule has 0 spiro atoms. The number of nitrogens with one attached hydrogen (secondary N) is 1. The van der Waals surface area contributed by atoms with E-state index in [4.69, 9.17) is 0 Å². The molecule has 0 bridgehead atoms. The minimum absolute atomic E-state index is 0.360. The maximum absolute atomic E-state index is 13.1. The first kappa shape index (κ1) is 15.0. The molecule has 0 fully saturated rings. The van der Waals surface area contributed by atoms with Crippen molar-refractivity contribution in [3.05, 3.63) is 35.1 Å². The van der Waals surface area contributed by atoms with Gasteiger partial charge in [-0.05, 0) is 49.2 Å². The molecule has 1 aromatic carbocycles. The van der Waals surface area contributed by atoms with Gasteiger partial charge in [-0.1, -0.05) is 13.8 Å². The molecule has 0 aliphatic rings. The first-order valence-electron chi connectivity index (χ1n) is 5.86. The van der Waals surface area contributed by atoms with Crippen LogP contribution in [-0.4, -0.2) is 13.1 Å². The summed E-state index contributed by atoms with van der Waals surface area (Å²) in [6.07, 6.45) is -4.12. The van der Waals surface area contributed by atoms with Crippen molar-refractivity contribution in [2.45, 2.75) is 26.4 Å². The van der Waals surface area contributed by atoms with Crippen molar-refractivity contribution in [2.24, 2.45) is 5.92 Å². The van der Waals surface area contributed by atoms with Gasteiger partial charge in [-0.15, -0.1) is 0 Å². The Morgan fingerprint density at radius 2 is 1.83 bits per heavy atom. The summed E-state index contributed by atoms with van der Waals surface area (Å²) in [5.74, 6) is -0.369. The van der Waals surface area contributed by atoms with Gasteiger partial charge >= 0.3 is 6.18 Å². The molecule has 0 unspecified atom stereocenters. The summed E-state index contributed by atoms with van der Waals surface area (Å²) < 4.78 is 50.5. The van der Waals surface area contributed by atoms with E-state index in [1.54, 1.807) is 0 Å². The van der Waals surface area contributed by atoms with E-state index in [9.17, 15) is 17.6 Å². The van der Waals surface area contributed by atoms with Crippen LogP contribution in [0.1, 0.15) is 25.0 Å². The highest BCUT2D eigenvalue weighted by molar-refractivity contribution is 5.27. The van der Waals surface area contributed by atoms with Crippen LogP contribution in [0.4, 0.5) is 17.6 Å². The minimum Gasteiger partial charge on any atom is -0.316 e. The van der Waals surface area contributed by atoms with E-state index in [1.165, 1.54) is 0 Å². The van der Waals surface area contributed by atoms with Crippen LogP contribution in [0.25, 0.3) is 0 Å². The quantitative estimate of drug-likeness (QED) is 0.632. The van der Waals surface area contributed by atoms with Crippen molar-refractivity contribution in [3.63, 3.8) is 0 Å². The van der Waals surface area contributed by atoms with Crippen molar-refractivity contribution in [2.75, 3.05) is 13.1 Å². The molecule has 5 heteroatoms. The third-order valence-corrected chi connectivity index (χ3v) is 2.43. The van der Waals surface area contributed by atoms with E-state index in [-0.39, 0.29) is 0 Å². The number of benzene rings is 1. The zero-order valence-corrected chi connectivity index (χ0v) is 10.4. The van der Waals surface area contributed by atoms with E-state index in [2.05, 4.69) is 5.32 Å². The Balaban J connectivity index is 2.63. The number of hydrogen-bond donors (Lipinski definition) is 1. The second-order valence-electron chi connectivity index (χ2n) is 4.69. The maximum Gasteiger partial charge on any atom is 0.416 e. The van der Waals surface area contributed by atoms with Gasteiger partial charge in [-0.2, -0.15) is 13.2 Å². The average molecular weight is 263 g/mol. The van der Waals surface area contributed by atoms with E-state index in [1.807, 2.05) is 13.8 Å². The van der Waals surface area contributed by atoms with Crippen LogP contribution >= 0.6 is 0 Å². The topological polar surface area (TPSA) is 12.0 Å². The van der Waals surface area contributed by atoms with Crippen LogP contribution in [0.15, 0.2) is 18.2 Å². The fourth-order valence-electron chi connectivity index (χ4n) is 1.58. The lowest BCUT2D eigenvalue weighted by Gasteiger charge is -2.10. The van der Waals surface area contributed by atoms with Gasteiger partial charge < -0.3 is 5.32 Å². The maximum atomic E-state index is 13.1. The highest BCUT2D eigenvalue weighted by atomic mass is 19.4. The smallest absolute Gasteiger partial charge is 0.316 e. The summed E-state index contributed by atoms with van der Waals surface area (Å²) in [6.45, 7) is 5.41. The Bertz CT molecular complexity index is 385. The van der Waals surface area contributed by atoms with Crippen molar-refractivity contribution < 1.29 is 17.6 Å². The fourth-order valence-corrected chi connectivity index (χ4v) is 1.58. The van der Waals surface area contributed by atoms with Crippen LogP contribution < -0.4 is 5.32 Å². The van der Waals surface area contributed by atoms with Crippen LogP contribution in [0.5, 0.6) is 0 Å². The van der Waals surface area contributed by atoms with Gasteiger partial charge in [-0.3, -0.25) is 0 Å². The van der Waals surface area contributed by atoms with Gasteiger partial charge in [0.25, 0.3) is 0 Å². The predicted molar refractivity (Wildman–Crippen MR) is 62.8 cm³/mol. The summed E-state index contributed by atoms with van der Waals surface area (Å²) in [5, 5.41) is 3.11. The minimum atomic E-state index is -4.50. The molecule has 0 aliphatic carbocycles. The Hall–Kier alpha value is -1.10. The summed E-state index contributed by atoms with van der Waals surface area (Å²) in [4.78, 5) is 0. The average Bonchev–Trinajstić information content (AvgIpc) is 2.22. The molecule has 0 saturated carbocycles. The lowest BCUT2D eigenvalue weighted by molar-refractivity contribution is -0.137. The number of halogens is 4. The van der Waals surface area contributed by atoms with Crippen molar-refractivity contribution in [3.8, 4) is 0 Å². The third kappa shape index (κ3) is 5.04. The number of rotatable bonds is 5. The molecule has 0 amide bonds. The Morgan fingerprint density at radius 3 is 2.39 bits per heavy atom. The molecule has 1 nitrogen and oxygen atoms in total. The molecule has 0 atom stereocenters. The van der Waals surface area contributed by atoms with Gasteiger partial charge in [0.2, 0.25) is 0 Å². The highest BCUT2D eigenvalue weighted by Gasteiger charge is 2.31. The van der Waals surface area contributed by atoms with Crippen LogP contribution in [0.3, 0.4) is 0 Å². The normalized spacial score (nSPS) is 12.2. The number of alkyl halides is 3. The molecule has 18 heavy (non-hydrogen) atoms. The molecule has 102 valence electrons. The Labute approximate surface area is 104 Å². The Kier molecular flexibility index (Phi) is 5.14. The summed E-state index contributed by atoms with van der Waals surface area (Å²) >= 11 is 0. The first-order chi connectivity index (χ1) is 8.29. The molecule has 1 aromatic rings. The Morgan fingerprint density at radius 1 is 1.17 bits per heavy atom. The molecule has 1 N–H and O–H groups in total. The molecular weight excluding hydrogens is 246 g/mol. The second kappa shape index (κ2) is 6.18. The lowest BCUT2D eigenvalue weighted by atomic mass is 10.1. The molecule has 0 aromatic heterocycles. The second-order valence-corrected chi connectivity index (χ2v) is 4.69. The molecular formula is C13H17F4N. The van der Waals surface area contributed by atoms with Crippen LogP contribution in [0.2, 0.25) is 0 Å². The summed E-state index contributed by atoms with van der Waals surface area (Å²) in [5.41, 5.74) is -0.569. The third-order valence-electron chi connectivity index (χ3n) is 2.43. The number of hydrogen-bond acceptors (Lipinski definition) is 1. The van der Waals surface area contributed by atoms with Crippen molar-refractivity contribution >= 4 is 0 Å². The fraction of sp³-hybridized carbons (Fsp3) is 0.538. The zero-order chi connectivity index (χ0) is 13.8. The van der Waals surface area contributed by atoms with Gasteiger partial charge in [0.1, 0.15) is 5.82 Å². The standard InChI is InChI=1S/C13H17F4N/c1-9(2)8-18-4-3-10-5-11(13(15,16)17)7-12(14)6-10/h5-7,9,18H,3-4,8H2,1-2H3. The van der Waals surface area contributed by atoms with Crippen molar-refractivity contribution in [1.82, 2.24) is 5.32 Å². The van der Waals surface area contributed by atoms with E-state index in [0.717, 1.165) is 18.7 Å². The summed E-state index contributed by atoms with van der Waals surface area (Å²) in [7, 11) is 0. The zero-order valence-electron chi connectivity index (χ0n) is 10.4. The van der Waals surface area contributed by atoms with E-state index >= 15 is 0 Å². The summed E-state index contributed by atoms with van der Waals surface area (Å²) in [6, 6.07) is 2.66. The van der Waals surface area contributed by atoms with Crippen molar-refractivity contribution in [1.29, 1.82) is 0 Å². The lowest BCUT2D eigenvalue weighted by Crippen LogP contribution is -2.22. The van der Waals surface area contributed by atoms with E-state index in [0.29, 0.717) is 30.5 Å². The van der Waals surface area contributed by atoms with Crippen LogP contribution in [0, 0.1) is 11.7 Å². The SMILES string of the molecule is CC(C)CNCCc1cc(F)cc(C(F)(F)F)c1. The monoisotopic (exact) mass is 263 g/mol. The van der Waals surface area contributed by atoms with Crippen LogP contribution in [-0.2, 0) is 12.6 Å². The molecule has 0 aliphatic heterocycles. The molecule has 0 saturated heterocycles.